The quantitative estimate of drug-likeness (QED) is 0.798. The van der Waals surface area contributed by atoms with E-state index in [2.05, 4.69) is 17.2 Å². The summed E-state index contributed by atoms with van der Waals surface area (Å²) in [7, 11) is 0. The number of nitrogens with one attached hydrogen (secondary N) is 1. The Balaban J connectivity index is 1.81. The van der Waals surface area contributed by atoms with Crippen molar-refractivity contribution in [3.8, 4) is 0 Å². The highest BCUT2D eigenvalue weighted by atomic mass is 32.1. The molecule has 0 aromatic carbocycles. The Labute approximate surface area is 92.9 Å². The lowest BCUT2D eigenvalue weighted by Gasteiger charge is -2.13. The van der Waals surface area contributed by atoms with E-state index in [1.54, 1.807) is 17.5 Å². The first kappa shape index (κ1) is 10.6. The van der Waals surface area contributed by atoms with E-state index in [4.69, 9.17) is 5.73 Å². The molecule has 5 heteroatoms. The van der Waals surface area contributed by atoms with Crippen molar-refractivity contribution < 1.29 is 4.79 Å². The van der Waals surface area contributed by atoms with E-state index in [-0.39, 0.29) is 11.8 Å². The van der Waals surface area contributed by atoms with E-state index >= 15 is 0 Å². The fraction of sp³-hybridized carbons (Fsp3) is 0.600. The van der Waals surface area contributed by atoms with Gasteiger partial charge in [0.2, 0.25) is 5.91 Å². The van der Waals surface area contributed by atoms with Gasteiger partial charge in [-0.25, -0.2) is 4.98 Å². The molecule has 1 atom stereocenters. The maximum Gasteiger partial charge on any atom is 0.240 e. The number of hydrogen-bond acceptors (Lipinski definition) is 4. The summed E-state index contributed by atoms with van der Waals surface area (Å²) in [6, 6.07) is 0. The minimum atomic E-state index is -0.567. The molecule has 82 valence electrons. The molecule has 1 unspecified atom stereocenters. The van der Waals surface area contributed by atoms with Crippen LogP contribution in [0.3, 0.4) is 0 Å². The maximum atomic E-state index is 11.5. The van der Waals surface area contributed by atoms with Gasteiger partial charge in [0.05, 0.1) is 10.5 Å². The zero-order valence-corrected chi connectivity index (χ0v) is 9.51. The fourth-order valence-electron chi connectivity index (χ4n) is 1.35. The van der Waals surface area contributed by atoms with E-state index in [0.717, 1.165) is 17.8 Å². The molecule has 0 aliphatic heterocycles. The standard InChI is InChI=1S/C10H15N3OS/c1-7(8-12-4-5-15-8)6-13-9(14)10(11)2-3-10/h4-5,7H,2-3,6,11H2,1H3,(H,13,14). The number of nitrogens with two attached hydrogens (primary N) is 1. The van der Waals surface area contributed by atoms with E-state index in [9.17, 15) is 4.79 Å². The van der Waals surface area contributed by atoms with Crippen LogP contribution >= 0.6 is 11.3 Å². The van der Waals surface area contributed by atoms with Gasteiger partial charge in [-0.3, -0.25) is 4.79 Å². The van der Waals surface area contributed by atoms with Crippen molar-refractivity contribution in [2.45, 2.75) is 31.2 Å². The molecule has 0 bridgehead atoms. The monoisotopic (exact) mass is 225 g/mol. The molecule has 1 saturated carbocycles. The topological polar surface area (TPSA) is 68.0 Å². The van der Waals surface area contributed by atoms with Gasteiger partial charge in [-0.15, -0.1) is 11.3 Å². The van der Waals surface area contributed by atoms with Crippen molar-refractivity contribution in [1.82, 2.24) is 10.3 Å². The predicted octanol–water partition coefficient (Wildman–Crippen LogP) is 0.854. The van der Waals surface area contributed by atoms with Gasteiger partial charge in [0.15, 0.2) is 0 Å². The Kier molecular flexibility index (Phi) is 2.75. The van der Waals surface area contributed by atoms with Gasteiger partial charge in [0, 0.05) is 24.0 Å². The molecule has 1 aromatic heterocycles. The van der Waals surface area contributed by atoms with Crippen molar-refractivity contribution in [1.29, 1.82) is 0 Å². The summed E-state index contributed by atoms with van der Waals surface area (Å²) < 4.78 is 0. The maximum absolute atomic E-state index is 11.5. The molecular formula is C10H15N3OS. The van der Waals surface area contributed by atoms with Gasteiger partial charge in [0.1, 0.15) is 0 Å². The van der Waals surface area contributed by atoms with Gasteiger partial charge in [0.25, 0.3) is 0 Å². The summed E-state index contributed by atoms with van der Waals surface area (Å²) in [6.07, 6.45) is 3.40. The van der Waals surface area contributed by atoms with Crippen LogP contribution in [0.1, 0.15) is 30.7 Å². The zero-order valence-electron chi connectivity index (χ0n) is 8.69. The van der Waals surface area contributed by atoms with Gasteiger partial charge in [-0.1, -0.05) is 6.92 Å². The van der Waals surface area contributed by atoms with Crippen LogP contribution in [-0.4, -0.2) is 23.0 Å². The zero-order chi connectivity index (χ0) is 10.9. The molecule has 1 aliphatic carbocycles. The van der Waals surface area contributed by atoms with Crippen molar-refractivity contribution in [3.63, 3.8) is 0 Å². The van der Waals surface area contributed by atoms with E-state index in [1.807, 2.05) is 5.38 Å². The Hall–Kier alpha value is -0.940. The molecule has 0 radical (unpaired) electrons. The van der Waals surface area contributed by atoms with Crippen LogP contribution in [0.5, 0.6) is 0 Å². The number of carbonyl (C=O) groups excluding carboxylic acids is 1. The molecule has 1 fully saturated rings. The molecule has 1 aliphatic rings. The summed E-state index contributed by atoms with van der Waals surface area (Å²) in [5, 5.41) is 5.87. The van der Waals surface area contributed by atoms with E-state index in [1.165, 1.54) is 0 Å². The van der Waals surface area contributed by atoms with Crippen LogP contribution in [-0.2, 0) is 4.79 Å². The molecule has 3 N–H and O–H groups in total. The number of thiazole rings is 1. The van der Waals surface area contributed by atoms with Gasteiger partial charge in [-0.2, -0.15) is 0 Å². The Bertz CT molecular complexity index is 346. The first-order valence-corrected chi connectivity index (χ1v) is 5.96. The van der Waals surface area contributed by atoms with Crippen molar-refractivity contribution >= 4 is 17.2 Å². The molecule has 0 saturated heterocycles. The van der Waals surface area contributed by atoms with Crippen LogP contribution in [0.2, 0.25) is 0 Å². The Morgan fingerprint density at radius 3 is 3.07 bits per heavy atom. The molecular weight excluding hydrogens is 210 g/mol. The minimum absolute atomic E-state index is 0.0223. The second-order valence-electron chi connectivity index (χ2n) is 4.14. The van der Waals surface area contributed by atoms with Gasteiger partial charge < -0.3 is 11.1 Å². The highest BCUT2D eigenvalue weighted by Crippen LogP contribution is 2.32. The lowest BCUT2D eigenvalue weighted by molar-refractivity contribution is -0.123. The minimum Gasteiger partial charge on any atom is -0.354 e. The van der Waals surface area contributed by atoms with Crippen LogP contribution in [0, 0.1) is 0 Å². The third kappa shape index (κ3) is 2.35. The lowest BCUT2D eigenvalue weighted by Crippen LogP contribution is -2.43. The van der Waals surface area contributed by atoms with E-state index < -0.39 is 5.54 Å². The van der Waals surface area contributed by atoms with Crippen molar-refractivity contribution in [3.05, 3.63) is 16.6 Å². The first-order valence-electron chi connectivity index (χ1n) is 5.08. The van der Waals surface area contributed by atoms with Crippen LogP contribution in [0.25, 0.3) is 0 Å². The fourth-order valence-corrected chi connectivity index (χ4v) is 2.05. The molecule has 4 nitrogen and oxygen atoms in total. The second kappa shape index (κ2) is 3.90. The van der Waals surface area contributed by atoms with Crippen molar-refractivity contribution in [2.24, 2.45) is 5.73 Å². The smallest absolute Gasteiger partial charge is 0.240 e. The van der Waals surface area contributed by atoms with Crippen LogP contribution < -0.4 is 11.1 Å². The Morgan fingerprint density at radius 1 is 1.80 bits per heavy atom. The molecule has 1 heterocycles. The molecule has 1 amide bonds. The second-order valence-corrected chi connectivity index (χ2v) is 5.06. The number of rotatable bonds is 4. The lowest BCUT2D eigenvalue weighted by atomic mass is 10.2. The molecule has 1 aromatic rings. The van der Waals surface area contributed by atoms with Gasteiger partial charge in [-0.05, 0) is 12.8 Å². The number of carbonyl (C=O) groups is 1. The normalized spacial score (nSPS) is 19.6. The summed E-state index contributed by atoms with van der Waals surface area (Å²) in [4.78, 5) is 15.8. The third-order valence-corrected chi connectivity index (χ3v) is 3.69. The molecule has 2 rings (SSSR count). The Morgan fingerprint density at radius 2 is 2.53 bits per heavy atom. The first-order chi connectivity index (χ1) is 7.12. The summed E-state index contributed by atoms with van der Waals surface area (Å²) >= 11 is 1.61. The van der Waals surface area contributed by atoms with Crippen LogP contribution in [0.15, 0.2) is 11.6 Å². The molecule has 0 spiro atoms. The summed E-state index contributed by atoms with van der Waals surface area (Å²) in [6.45, 7) is 2.67. The number of amides is 1. The predicted molar refractivity (Wildman–Crippen MR) is 59.7 cm³/mol. The van der Waals surface area contributed by atoms with E-state index in [0.29, 0.717) is 6.54 Å². The number of hydrogen-bond donors (Lipinski definition) is 2. The van der Waals surface area contributed by atoms with Crippen LogP contribution in [0.4, 0.5) is 0 Å². The number of aromatic nitrogens is 1. The summed E-state index contributed by atoms with van der Waals surface area (Å²) in [5.74, 6) is 0.238. The third-order valence-electron chi connectivity index (χ3n) is 2.68. The highest BCUT2D eigenvalue weighted by Gasteiger charge is 2.45. The SMILES string of the molecule is CC(CNC(=O)C1(N)CC1)c1nccs1. The summed E-state index contributed by atoms with van der Waals surface area (Å²) in [5.41, 5.74) is 5.20. The average Bonchev–Trinajstić information content (AvgIpc) is 2.79. The highest BCUT2D eigenvalue weighted by molar-refractivity contribution is 7.09. The average molecular weight is 225 g/mol. The number of nitrogens with zero attached hydrogens (tertiary/aromatic N) is 1. The molecule has 15 heavy (non-hydrogen) atoms. The van der Waals surface area contributed by atoms with Crippen molar-refractivity contribution in [2.75, 3.05) is 6.54 Å². The van der Waals surface area contributed by atoms with Gasteiger partial charge >= 0.3 is 0 Å². The largest absolute Gasteiger partial charge is 0.354 e.